The number of carbonyl (C=O) groups is 1. The molecule has 0 saturated heterocycles. The molecule has 0 aliphatic carbocycles. The Morgan fingerprint density at radius 1 is 1.15 bits per heavy atom. The molecule has 2 aromatic carbocycles. The molecule has 1 amide bonds. The standard InChI is InChI=1S/C19H19N3O4/c1-4-22-15-8-6-5-7-13(15)20-17(19(22)24)18(23)21-14-11-12(25-2)9-10-16(14)26-3/h5-11H,4H2,1-3H3,(H,21,23). The van der Waals surface area contributed by atoms with Crippen LogP contribution >= 0.6 is 0 Å². The van der Waals surface area contributed by atoms with Gasteiger partial charge in [-0.2, -0.15) is 0 Å². The third-order valence-corrected chi connectivity index (χ3v) is 4.04. The fraction of sp³-hybridized carbons (Fsp3) is 0.211. The molecule has 0 aliphatic rings. The zero-order valence-electron chi connectivity index (χ0n) is 14.8. The lowest BCUT2D eigenvalue weighted by molar-refractivity contribution is 0.102. The van der Waals surface area contributed by atoms with Gasteiger partial charge in [0, 0.05) is 12.6 Å². The first-order valence-corrected chi connectivity index (χ1v) is 8.12. The molecule has 1 heterocycles. The van der Waals surface area contributed by atoms with Gasteiger partial charge in [-0.05, 0) is 31.2 Å². The second-order valence-electron chi connectivity index (χ2n) is 5.52. The molecule has 134 valence electrons. The molecular formula is C19H19N3O4. The van der Waals surface area contributed by atoms with Crippen molar-refractivity contribution in [2.45, 2.75) is 13.5 Å². The van der Waals surface area contributed by atoms with Gasteiger partial charge >= 0.3 is 0 Å². The smallest absolute Gasteiger partial charge is 0.282 e. The van der Waals surface area contributed by atoms with E-state index in [2.05, 4.69) is 10.3 Å². The number of aryl methyl sites for hydroxylation is 1. The number of benzene rings is 2. The number of amides is 1. The number of hydrogen-bond donors (Lipinski definition) is 1. The van der Waals surface area contributed by atoms with Crippen LogP contribution in [0.1, 0.15) is 17.4 Å². The van der Waals surface area contributed by atoms with Crippen molar-refractivity contribution in [1.29, 1.82) is 0 Å². The first kappa shape index (κ1) is 17.5. The summed E-state index contributed by atoms with van der Waals surface area (Å²) in [5, 5.41) is 2.69. The topological polar surface area (TPSA) is 82.5 Å². The number of methoxy groups -OCH3 is 2. The van der Waals surface area contributed by atoms with Gasteiger partial charge in [-0.15, -0.1) is 0 Å². The van der Waals surface area contributed by atoms with Crippen molar-refractivity contribution >= 4 is 22.6 Å². The maximum absolute atomic E-state index is 12.7. The van der Waals surface area contributed by atoms with Gasteiger partial charge < -0.3 is 19.4 Å². The summed E-state index contributed by atoms with van der Waals surface area (Å²) in [6.45, 7) is 2.28. The lowest BCUT2D eigenvalue weighted by Crippen LogP contribution is -2.31. The second kappa shape index (κ2) is 7.26. The van der Waals surface area contributed by atoms with Crippen LogP contribution in [-0.2, 0) is 6.54 Å². The molecule has 7 nitrogen and oxygen atoms in total. The van der Waals surface area contributed by atoms with Crippen LogP contribution in [0.4, 0.5) is 5.69 Å². The molecule has 3 rings (SSSR count). The lowest BCUT2D eigenvalue weighted by atomic mass is 10.2. The molecule has 26 heavy (non-hydrogen) atoms. The largest absolute Gasteiger partial charge is 0.497 e. The Kier molecular flexibility index (Phi) is 4.88. The van der Waals surface area contributed by atoms with Crippen molar-refractivity contribution in [2.75, 3.05) is 19.5 Å². The van der Waals surface area contributed by atoms with E-state index < -0.39 is 11.5 Å². The Morgan fingerprint density at radius 3 is 2.62 bits per heavy atom. The number of anilines is 1. The first-order chi connectivity index (χ1) is 12.6. The van der Waals surface area contributed by atoms with Gasteiger partial charge in [0.25, 0.3) is 11.5 Å². The van der Waals surface area contributed by atoms with Gasteiger partial charge in [-0.25, -0.2) is 4.98 Å². The number of hydrogen-bond acceptors (Lipinski definition) is 5. The molecule has 0 spiro atoms. The van der Waals surface area contributed by atoms with E-state index in [1.165, 1.54) is 18.8 Å². The number of ether oxygens (including phenoxy) is 2. The zero-order chi connectivity index (χ0) is 18.7. The average Bonchev–Trinajstić information content (AvgIpc) is 2.67. The van der Waals surface area contributed by atoms with Crippen molar-refractivity contribution in [3.05, 3.63) is 58.5 Å². The van der Waals surface area contributed by atoms with Crippen LogP contribution in [0.3, 0.4) is 0 Å². The number of aromatic nitrogens is 2. The molecule has 0 fully saturated rings. The van der Waals surface area contributed by atoms with Crippen LogP contribution in [0.2, 0.25) is 0 Å². The summed E-state index contributed by atoms with van der Waals surface area (Å²) in [5.41, 5.74) is 1.06. The van der Waals surface area contributed by atoms with Gasteiger partial charge in [-0.1, -0.05) is 12.1 Å². The molecule has 1 N–H and O–H groups in total. The van der Waals surface area contributed by atoms with Gasteiger partial charge in [0.2, 0.25) is 0 Å². The third-order valence-electron chi connectivity index (χ3n) is 4.04. The number of carbonyl (C=O) groups excluding carboxylic acids is 1. The molecule has 0 aliphatic heterocycles. The van der Waals surface area contributed by atoms with Gasteiger partial charge in [-0.3, -0.25) is 9.59 Å². The maximum atomic E-state index is 12.7. The van der Waals surface area contributed by atoms with Crippen molar-refractivity contribution in [1.82, 2.24) is 9.55 Å². The van der Waals surface area contributed by atoms with E-state index in [9.17, 15) is 9.59 Å². The highest BCUT2D eigenvalue weighted by Gasteiger charge is 2.18. The average molecular weight is 353 g/mol. The normalized spacial score (nSPS) is 10.6. The van der Waals surface area contributed by atoms with Crippen LogP contribution in [-0.4, -0.2) is 29.7 Å². The number of nitrogens with one attached hydrogen (secondary N) is 1. The Hall–Kier alpha value is -3.35. The Bertz CT molecular complexity index is 1030. The molecule has 0 saturated carbocycles. The van der Waals surface area contributed by atoms with Gasteiger partial charge in [0.15, 0.2) is 5.69 Å². The first-order valence-electron chi connectivity index (χ1n) is 8.12. The number of fused-ring (bicyclic) bond motifs is 1. The van der Waals surface area contributed by atoms with E-state index in [1.54, 1.807) is 30.3 Å². The summed E-state index contributed by atoms with van der Waals surface area (Å²) in [6, 6.07) is 12.2. The number of rotatable bonds is 5. The van der Waals surface area contributed by atoms with Crippen molar-refractivity contribution in [3.63, 3.8) is 0 Å². The highest BCUT2D eigenvalue weighted by atomic mass is 16.5. The zero-order valence-corrected chi connectivity index (χ0v) is 14.8. The monoisotopic (exact) mass is 353 g/mol. The highest BCUT2D eigenvalue weighted by molar-refractivity contribution is 6.04. The lowest BCUT2D eigenvalue weighted by Gasteiger charge is -2.13. The van der Waals surface area contributed by atoms with E-state index in [0.717, 1.165) is 0 Å². The van der Waals surface area contributed by atoms with Crippen LogP contribution < -0.4 is 20.3 Å². The van der Waals surface area contributed by atoms with Crippen LogP contribution in [0.5, 0.6) is 11.5 Å². The van der Waals surface area contributed by atoms with E-state index in [-0.39, 0.29) is 5.69 Å². The molecule has 0 atom stereocenters. The molecule has 1 aromatic heterocycles. The molecule has 7 heteroatoms. The maximum Gasteiger partial charge on any atom is 0.282 e. The van der Waals surface area contributed by atoms with E-state index >= 15 is 0 Å². The van der Waals surface area contributed by atoms with E-state index in [0.29, 0.717) is 34.8 Å². The van der Waals surface area contributed by atoms with Crippen molar-refractivity contribution in [3.8, 4) is 11.5 Å². The number of para-hydroxylation sites is 2. The Labute approximate surface area is 150 Å². The Balaban J connectivity index is 2.06. The van der Waals surface area contributed by atoms with E-state index in [4.69, 9.17) is 9.47 Å². The summed E-state index contributed by atoms with van der Waals surface area (Å²) < 4.78 is 12.0. The molecule has 0 bridgehead atoms. The molecular weight excluding hydrogens is 334 g/mol. The Morgan fingerprint density at radius 2 is 1.92 bits per heavy atom. The minimum atomic E-state index is -0.602. The number of nitrogens with zero attached hydrogens (tertiary/aromatic N) is 2. The second-order valence-corrected chi connectivity index (χ2v) is 5.52. The minimum absolute atomic E-state index is 0.171. The molecule has 3 aromatic rings. The van der Waals surface area contributed by atoms with Crippen LogP contribution in [0.15, 0.2) is 47.3 Å². The van der Waals surface area contributed by atoms with Crippen LogP contribution in [0.25, 0.3) is 11.0 Å². The predicted octanol–water partition coefficient (Wildman–Crippen LogP) is 2.69. The van der Waals surface area contributed by atoms with Crippen molar-refractivity contribution in [2.24, 2.45) is 0 Å². The highest BCUT2D eigenvalue weighted by Crippen LogP contribution is 2.29. The predicted molar refractivity (Wildman–Crippen MR) is 99.2 cm³/mol. The summed E-state index contributed by atoms with van der Waals surface area (Å²) in [5.74, 6) is 0.406. The van der Waals surface area contributed by atoms with Crippen molar-refractivity contribution < 1.29 is 14.3 Å². The summed E-state index contributed by atoms with van der Waals surface area (Å²) in [6.07, 6.45) is 0. The van der Waals surface area contributed by atoms with E-state index in [1.807, 2.05) is 19.1 Å². The SMILES string of the molecule is CCn1c(=O)c(C(=O)Nc2cc(OC)ccc2OC)nc2ccccc21. The van der Waals surface area contributed by atoms with Gasteiger partial charge in [0.1, 0.15) is 11.5 Å². The fourth-order valence-corrected chi connectivity index (χ4v) is 2.75. The quantitative estimate of drug-likeness (QED) is 0.762. The van der Waals surface area contributed by atoms with Gasteiger partial charge in [0.05, 0.1) is 30.9 Å². The third kappa shape index (κ3) is 3.11. The fourth-order valence-electron chi connectivity index (χ4n) is 2.75. The van der Waals surface area contributed by atoms with Crippen LogP contribution in [0, 0.1) is 0 Å². The molecule has 0 radical (unpaired) electrons. The summed E-state index contributed by atoms with van der Waals surface area (Å²) in [7, 11) is 3.02. The summed E-state index contributed by atoms with van der Waals surface area (Å²) >= 11 is 0. The minimum Gasteiger partial charge on any atom is -0.497 e. The summed E-state index contributed by atoms with van der Waals surface area (Å²) in [4.78, 5) is 29.7. The molecule has 0 unspecified atom stereocenters.